The van der Waals surface area contributed by atoms with Crippen LogP contribution >= 0.6 is 0 Å². The summed E-state index contributed by atoms with van der Waals surface area (Å²) >= 11 is 0. The Bertz CT molecular complexity index is 194. The number of hydrogen-bond donors (Lipinski definition) is 0. The van der Waals surface area contributed by atoms with Gasteiger partial charge in [-0.3, -0.25) is 0 Å². The number of hydrogen-bond acceptors (Lipinski definition) is 2. The minimum atomic E-state index is 1.05. The van der Waals surface area contributed by atoms with E-state index in [9.17, 15) is 0 Å². The fourth-order valence-corrected chi connectivity index (χ4v) is 1.59. The predicted octanol–water partition coefficient (Wildman–Crippen LogP) is 2.81. The molecule has 0 bridgehead atoms. The molecule has 0 aromatic rings. The number of aliphatic imine (C=N–C) groups is 1. The minimum absolute atomic E-state index is 1.05. The summed E-state index contributed by atoms with van der Waals surface area (Å²) < 4.78 is 0. The van der Waals surface area contributed by atoms with Crippen LogP contribution in [0.3, 0.4) is 0 Å². The molecule has 2 nitrogen and oxygen atoms in total. The van der Waals surface area contributed by atoms with E-state index in [4.69, 9.17) is 0 Å². The van der Waals surface area contributed by atoms with Gasteiger partial charge in [-0.05, 0) is 12.5 Å². The van der Waals surface area contributed by atoms with Crippen LogP contribution in [0.25, 0.3) is 0 Å². The molecule has 1 aliphatic rings. The van der Waals surface area contributed by atoms with Crippen molar-refractivity contribution in [1.29, 1.82) is 0 Å². The molecular formula is C11H20N2. The number of rotatable bonds is 5. The lowest BCUT2D eigenvalue weighted by Crippen LogP contribution is -2.33. The SMILES string of the molecule is CCCCCN1CC=CN=C1CC. The van der Waals surface area contributed by atoms with Crippen molar-refractivity contribution in [1.82, 2.24) is 4.90 Å². The topological polar surface area (TPSA) is 15.6 Å². The summed E-state index contributed by atoms with van der Waals surface area (Å²) in [5.74, 6) is 1.25. The van der Waals surface area contributed by atoms with Crippen molar-refractivity contribution >= 4 is 5.84 Å². The lowest BCUT2D eigenvalue weighted by atomic mass is 10.2. The van der Waals surface area contributed by atoms with Gasteiger partial charge in [0.1, 0.15) is 5.84 Å². The molecular weight excluding hydrogens is 160 g/mol. The molecule has 0 radical (unpaired) electrons. The Labute approximate surface area is 81.3 Å². The second kappa shape index (κ2) is 5.79. The third-order valence-corrected chi connectivity index (χ3v) is 2.37. The summed E-state index contributed by atoms with van der Waals surface area (Å²) in [4.78, 5) is 6.75. The summed E-state index contributed by atoms with van der Waals surface area (Å²) in [5.41, 5.74) is 0. The zero-order chi connectivity index (χ0) is 9.52. The molecule has 1 heterocycles. The van der Waals surface area contributed by atoms with Crippen molar-refractivity contribution in [3.63, 3.8) is 0 Å². The van der Waals surface area contributed by atoms with Gasteiger partial charge in [-0.2, -0.15) is 0 Å². The van der Waals surface area contributed by atoms with E-state index >= 15 is 0 Å². The van der Waals surface area contributed by atoms with Crippen LogP contribution in [0, 0.1) is 0 Å². The Hall–Kier alpha value is -0.790. The van der Waals surface area contributed by atoms with Gasteiger partial charge in [-0.25, -0.2) is 4.99 Å². The van der Waals surface area contributed by atoms with Gasteiger partial charge in [0.15, 0.2) is 0 Å². The van der Waals surface area contributed by atoms with Crippen LogP contribution in [0.5, 0.6) is 0 Å². The first-order valence-corrected chi connectivity index (χ1v) is 5.35. The molecule has 0 fully saturated rings. The van der Waals surface area contributed by atoms with Crippen LogP contribution in [-0.4, -0.2) is 23.8 Å². The van der Waals surface area contributed by atoms with Crippen molar-refractivity contribution in [2.45, 2.75) is 39.5 Å². The van der Waals surface area contributed by atoms with Gasteiger partial charge < -0.3 is 4.90 Å². The molecule has 2 heteroatoms. The van der Waals surface area contributed by atoms with Crippen LogP contribution in [0.2, 0.25) is 0 Å². The average Bonchev–Trinajstić information content (AvgIpc) is 2.19. The smallest absolute Gasteiger partial charge is 0.104 e. The van der Waals surface area contributed by atoms with E-state index in [1.165, 1.54) is 31.6 Å². The van der Waals surface area contributed by atoms with Crippen LogP contribution in [-0.2, 0) is 0 Å². The molecule has 1 rings (SSSR count). The van der Waals surface area contributed by atoms with E-state index in [0.29, 0.717) is 0 Å². The van der Waals surface area contributed by atoms with E-state index in [1.807, 2.05) is 6.20 Å². The molecule has 1 aliphatic heterocycles. The summed E-state index contributed by atoms with van der Waals surface area (Å²) in [5, 5.41) is 0. The number of amidine groups is 1. The van der Waals surface area contributed by atoms with Gasteiger partial charge in [-0.15, -0.1) is 0 Å². The molecule has 0 unspecified atom stereocenters. The molecule has 13 heavy (non-hydrogen) atoms. The van der Waals surface area contributed by atoms with Crippen LogP contribution in [0.15, 0.2) is 17.3 Å². The maximum absolute atomic E-state index is 4.37. The fourth-order valence-electron chi connectivity index (χ4n) is 1.59. The second-order valence-corrected chi connectivity index (χ2v) is 3.44. The van der Waals surface area contributed by atoms with Gasteiger partial charge in [-0.1, -0.05) is 26.7 Å². The van der Waals surface area contributed by atoms with Gasteiger partial charge in [0.05, 0.1) is 0 Å². The van der Waals surface area contributed by atoms with E-state index in [1.54, 1.807) is 0 Å². The first kappa shape index (κ1) is 10.3. The van der Waals surface area contributed by atoms with E-state index in [0.717, 1.165) is 13.0 Å². The van der Waals surface area contributed by atoms with Gasteiger partial charge in [0.25, 0.3) is 0 Å². The molecule has 0 spiro atoms. The molecule has 0 N–H and O–H groups in total. The lowest BCUT2D eigenvalue weighted by molar-refractivity contribution is 0.428. The highest BCUT2D eigenvalue weighted by atomic mass is 15.2. The molecule has 74 valence electrons. The van der Waals surface area contributed by atoms with Gasteiger partial charge in [0, 0.05) is 25.7 Å². The van der Waals surface area contributed by atoms with Crippen molar-refractivity contribution in [2.24, 2.45) is 4.99 Å². The quantitative estimate of drug-likeness (QED) is 0.594. The van der Waals surface area contributed by atoms with Crippen LogP contribution < -0.4 is 0 Å². The molecule has 0 atom stereocenters. The maximum Gasteiger partial charge on any atom is 0.104 e. The Morgan fingerprint density at radius 2 is 2.23 bits per heavy atom. The minimum Gasteiger partial charge on any atom is -0.356 e. The number of unbranched alkanes of at least 4 members (excludes halogenated alkanes) is 2. The van der Waals surface area contributed by atoms with Crippen molar-refractivity contribution in [2.75, 3.05) is 13.1 Å². The fraction of sp³-hybridized carbons (Fsp3) is 0.727. The Morgan fingerprint density at radius 1 is 1.38 bits per heavy atom. The molecule has 0 aromatic heterocycles. The normalized spacial score (nSPS) is 16.2. The highest BCUT2D eigenvalue weighted by Gasteiger charge is 2.08. The van der Waals surface area contributed by atoms with E-state index < -0.39 is 0 Å². The lowest BCUT2D eigenvalue weighted by Gasteiger charge is -2.26. The zero-order valence-corrected chi connectivity index (χ0v) is 8.79. The summed E-state index contributed by atoms with van der Waals surface area (Å²) in [7, 11) is 0. The Kier molecular flexibility index (Phi) is 4.58. The number of nitrogens with zero attached hydrogens (tertiary/aromatic N) is 2. The van der Waals surface area contributed by atoms with E-state index in [-0.39, 0.29) is 0 Å². The monoisotopic (exact) mass is 180 g/mol. The zero-order valence-electron chi connectivity index (χ0n) is 8.79. The summed E-state index contributed by atoms with van der Waals surface area (Å²) in [6.07, 6.45) is 9.03. The first-order valence-electron chi connectivity index (χ1n) is 5.35. The highest BCUT2D eigenvalue weighted by molar-refractivity contribution is 5.83. The van der Waals surface area contributed by atoms with Crippen LogP contribution in [0.4, 0.5) is 0 Å². The van der Waals surface area contributed by atoms with E-state index in [2.05, 4.69) is 29.8 Å². The largest absolute Gasteiger partial charge is 0.356 e. The maximum atomic E-state index is 4.37. The summed E-state index contributed by atoms with van der Waals surface area (Å²) in [6, 6.07) is 0. The van der Waals surface area contributed by atoms with Gasteiger partial charge in [0.2, 0.25) is 0 Å². The second-order valence-electron chi connectivity index (χ2n) is 3.44. The molecule has 0 aliphatic carbocycles. The third kappa shape index (κ3) is 3.21. The van der Waals surface area contributed by atoms with Crippen molar-refractivity contribution in [3.05, 3.63) is 12.3 Å². The highest BCUT2D eigenvalue weighted by Crippen LogP contribution is 2.06. The molecule has 0 saturated carbocycles. The third-order valence-electron chi connectivity index (χ3n) is 2.37. The Balaban J connectivity index is 2.32. The standard InChI is InChI=1S/C11H20N2/c1-3-5-6-9-13-10-7-8-12-11(13)4-2/h7-8H,3-6,9-10H2,1-2H3. The van der Waals surface area contributed by atoms with Gasteiger partial charge >= 0.3 is 0 Å². The van der Waals surface area contributed by atoms with Crippen molar-refractivity contribution < 1.29 is 0 Å². The molecule has 0 saturated heterocycles. The molecule has 0 amide bonds. The van der Waals surface area contributed by atoms with Crippen molar-refractivity contribution in [3.8, 4) is 0 Å². The predicted molar refractivity (Wildman–Crippen MR) is 58.0 cm³/mol. The molecule has 0 aromatic carbocycles. The average molecular weight is 180 g/mol. The van der Waals surface area contributed by atoms with Crippen LogP contribution in [0.1, 0.15) is 39.5 Å². The summed E-state index contributed by atoms with van der Waals surface area (Å²) in [6.45, 7) is 6.64. The Morgan fingerprint density at radius 3 is 2.92 bits per heavy atom. The first-order chi connectivity index (χ1) is 6.38.